The number of hydrogen-bond donors (Lipinski definition) is 1. The molecule has 1 aliphatic rings. The van der Waals surface area contributed by atoms with E-state index in [-0.39, 0.29) is 6.04 Å². The zero-order valence-corrected chi connectivity index (χ0v) is 17.6. The number of hydrogen-bond acceptors (Lipinski definition) is 5. The van der Waals surface area contributed by atoms with Crippen molar-refractivity contribution in [2.24, 2.45) is 0 Å². The minimum atomic E-state index is 0.267. The fourth-order valence-corrected chi connectivity index (χ4v) is 4.27. The van der Waals surface area contributed by atoms with Crippen LogP contribution in [0.5, 0.6) is 11.5 Å². The minimum Gasteiger partial charge on any atom is -0.493 e. The topological polar surface area (TPSA) is 60.7 Å². The number of fused-ring (bicyclic) bond motifs is 2. The van der Waals surface area contributed by atoms with Gasteiger partial charge in [-0.1, -0.05) is 30.3 Å². The van der Waals surface area contributed by atoms with E-state index in [1.54, 1.807) is 13.3 Å². The number of benzene rings is 2. The SMILES string of the molecule is COc1cc2c(cc1OCc1ccccc1)CCNC2CCc1cnc2ncccn12. The minimum absolute atomic E-state index is 0.267. The number of nitrogens with one attached hydrogen (secondary N) is 1. The molecule has 158 valence electrons. The summed E-state index contributed by atoms with van der Waals surface area (Å²) in [4.78, 5) is 8.72. The Kier molecular flexibility index (Phi) is 5.54. The van der Waals surface area contributed by atoms with E-state index in [1.165, 1.54) is 16.8 Å². The highest BCUT2D eigenvalue weighted by Crippen LogP contribution is 2.37. The van der Waals surface area contributed by atoms with E-state index in [9.17, 15) is 0 Å². The van der Waals surface area contributed by atoms with Gasteiger partial charge in [0.1, 0.15) is 6.61 Å². The van der Waals surface area contributed by atoms with E-state index >= 15 is 0 Å². The lowest BCUT2D eigenvalue weighted by Gasteiger charge is -2.28. The van der Waals surface area contributed by atoms with Crippen LogP contribution in [0.4, 0.5) is 0 Å². The molecule has 0 fully saturated rings. The Morgan fingerprint density at radius 3 is 2.87 bits per heavy atom. The van der Waals surface area contributed by atoms with Crippen molar-refractivity contribution in [1.29, 1.82) is 0 Å². The predicted molar refractivity (Wildman–Crippen MR) is 120 cm³/mol. The van der Waals surface area contributed by atoms with Crippen molar-refractivity contribution in [3.05, 3.63) is 89.5 Å². The fourth-order valence-electron chi connectivity index (χ4n) is 4.27. The first kappa shape index (κ1) is 19.6. The van der Waals surface area contributed by atoms with E-state index in [0.29, 0.717) is 6.61 Å². The Balaban J connectivity index is 1.34. The van der Waals surface area contributed by atoms with Crippen LogP contribution in [0.2, 0.25) is 0 Å². The summed E-state index contributed by atoms with van der Waals surface area (Å²) in [6, 6.07) is 16.7. The molecule has 0 aliphatic carbocycles. The van der Waals surface area contributed by atoms with Crippen LogP contribution in [0.3, 0.4) is 0 Å². The molecule has 1 N–H and O–H groups in total. The van der Waals surface area contributed by atoms with Gasteiger partial charge in [-0.25, -0.2) is 9.97 Å². The molecule has 1 atom stereocenters. The molecule has 0 amide bonds. The van der Waals surface area contributed by atoms with Crippen LogP contribution in [0.25, 0.3) is 5.78 Å². The maximum absolute atomic E-state index is 6.12. The van der Waals surface area contributed by atoms with E-state index in [1.807, 2.05) is 36.7 Å². The summed E-state index contributed by atoms with van der Waals surface area (Å²) in [5, 5.41) is 3.67. The van der Waals surface area contributed by atoms with Crippen molar-refractivity contribution in [3.63, 3.8) is 0 Å². The van der Waals surface area contributed by atoms with Gasteiger partial charge in [0.25, 0.3) is 0 Å². The smallest absolute Gasteiger partial charge is 0.233 e. The molecule has 6 nitrogen and oxygen atoms in total. The van der Waals surface area contributed by atoms with Crippen molar-refractivity contribution >= 4 is 5.78 Å². The summed E-state index contributed by atoms with van der Waals surface area (Å²) in [6.45, 7) is 1.48. The Bertz CT molecular complexity index is 1170. The molecule has 6 heteroatoms. The van der Waals surface area contributed by atoms with Crippen LogP contribution in [-0.4, -0.2) is 28.0 Å². The highest BCUT2D eigenvalue weighted by molar-refractivity contribution is 5.49. The summed E-state index contributed by atoms with van der Waals surface area (Å²) in [6.07, 6.45) is 8.59. The lowest BCUT2D eigenvalue weighted by molar-refractivity contribution is 0.283. The van der Waals surface area contributed by atoms with Gasteiger partial charge in [0, 0.05) is 24.1 Å². The van der Waals surface area contributed by atoms with E-state index in [2.05, 4.69) is 44.0 Å². The van der Waals surface area contributed by atoms with Crippen LogP contribution in [-0.2, 0) is 19.4 Å². The van der Waals surface area contributed by atoms with Crippen LogP contribution in [0.1, 0.15) is 34.8 Å². The Morgan fingerprint density at radius 1 is 1.10 bits per heavy atom. The summed E-state index contributed by atoms with van der Waals surface area (Å²) >= 11 is 0. The number of ether oxygens (including phenoxy) is 2. The number of aromatic nitrogens is 3. The van der Waals surface area contributed by atoms with Gasteiger partial charge < -0.3 is 14.8 Å². The maximum Gasteiger partial charge on any atom is 0.233 e. The number of imidazole rings is 1. The van der Waals surface area contributed by atoms with Crippen molar-refractivity contribution in [2.45, 2.75) is 31.9 Å². The molecule has 4 aromatic rings. The van der Waals surface area contributed by atoms with Crippen LogP contribution >= 0.6 is 0 Å². The molecule has 3 heterocycles. The summed E-state index contributed by atoms with van der Waals surface area (Å²) in [5.41, 5.74) is 4.94. The van der Waals surface area contributed by atoms with Crippen molar-refractivity contribution in [1.82, 2.24) is 19.7 Å². The van der Waals surface area contributed by atoms with Gasteiger partial charge in [0.05, 0.1) is 13.3 Å². The molecule has 5 rings (SSSR count). The molecule has 31 heavy (non-hydrogen) atoms. The van der Waals surface area contributed by atoms with Crippen molar-refractivity contribution < 1.29 is 9.47 Å². The number of nitrogens with zero attached hydrogens (tertiary/aromatic N) is 3. The number of rotatable bonds is 7. The van der Waals surface area contributed by atoms with E-state index < -0.39 is 0 Å². The monoisotopic (exact) mass is 414 g/mol. The van der Waals surface area contributed by atoms with E-state index in [4.69, 9.17) is 9.47 Å². The lowest BCUT2D eigenvalue weighted by atomic mass is 9.90. The standard InChI is InChI=1S/C25H26N4O2/c1-30-23-15-21-19(14-24(23)31-17-18-6-3-2-4-7-18)10-12-26-22(21)9-8-20-16-28-25-27-11-5-13-29(20)25/h2-7,11,13-16,22,26H,8-10,12,17H2,1H3. The zero-order valence-electron chi connectivity index (χ0n) is 17.6. The number of aryl methyl sites for hydroxylation is 1. The number of methoxy groups -OCH3 is 1. The van der Waals surface area contributed by atoms with Crippen LogP contribution in [0.15, 0.2) is 67.1 Å². The van der Waals surface area contributed by atoms with Gasteiger partial charge in [-0.2, -0.15) is 0 Å². The van der Waals surface area contributed by atoms with Gasteiger partial charge in [0.2, 0.25) is 5.78 Å². The summed E-state index contributed by atoms with van der Waals surface area (Å²) in [5.74, 6) is 2.33. The Hall–Kier alpha value is -3.38. The largest absolute Gasteiger partial charge is 0.493 e. The van der Waals surface area contributed by atoms with Crippen LogP contribution in [0, 0.1) is 0 Å². The quantitative estimate of drug-likeness (QED) is 0.493. The van der Waals surface area contributed by atoms with Gasteiger partial charge in [0.15, 0.2) is 11.5 Å². The van der Waals surface area contributed by atoms with Gasteiger partial charge >= 0.3 is 0 Å². The molecule has 0 bridgehead atoms. The first-order valence-electron chi connectivity index (χ1n) is 10.7. The first-order valence-corrected chi connectivity index (χ1v) is 10.7. The molecule has 0 saturated heterocycles. The molecule has 1 unspecified atom stereocenters. The average molecular weight is 415 g/mol. The molecule has 1 aliphatic heterocycles. The third-order valence-corrected chi connectivity index (χ3v) is 5.88. The van der Waals surface area contributed by atoms with Gasteiger partial charge in [-0.15, -0.1) is 0 Å². The molecule has 2 aromatic carbocycles. The van der Waals surface area contributed by atoms with Gasteiger partial charge in [-0.05, 0) is 60.7 Å². The summed E-state index contributed by atoms with van der Waals surface area (Å²) in [7, 11) is 1.70. The molecule has 0 radical (unpaired) electrons. The first-order chi connectivity index (χ1) is 15.3. The maximum atomic E-state index is 6.12. The average Bonchev–Trinajstić information content (AvgIpc) is 3.24. The second-order valence-electron chi connectivity index (χ2n) is 7.81. The predicted octanol–water partition coefficient (Wildman–Crippen LogP) is 4.14. The molecule has 0 spiro atoms. The van der Waals surface area contributed by atoms with Gasteiger partial charge in [-0.3, -0.25) is 4.40 Å². The second-order valence-corrected chi connectivity index (χ2v) is 7.81. The molecule has 2 aromatic heterocycles. The molecular weight excluding hydrogens is 388 g/mol. The molecular formula is C25H26N4O2. The lowest BCUT2D eigenvalue weighted by Crippen LogP contribution is -2.30. The second kappa shape index (κ2) is 8.78. The zero-order chi connectivity index (χ0) is 21.0. The highest BCUT2D eigenvalue weighted by atomic mass is 16.5. The van der Waals surface area contributed by atoms with Crippen LogP contribution < -0.4 is 14.8 Å². The highest BCUT2D eigenvalue weighted by Gasteiger charge is 2.23. The third kappa shape index (κ3) is 4.11. The van der Waals surface area contributed by atoms with Crippen molar-refractivity contribution in [3.8, 4) is 11.5 Å². The summed E-state index contributed by atoms with van der Waals surface area (Å²) < 4.78 is 13.9. The fraction of sp³-hybridized carbons (Fsp3) is 0.280. The Labute approximate surface area is 181 Å². The van der Waals surface area contributed by atoms with Crippen molar-refractivity contribution in [2.75, 3.05) is 13.7 Å². The van der Waals surface area contributed by atoms with E-state index in [0.717, 1.165) is 48.6 Å². The Morgan fingerprint density at radius 2 is 2.00 bits per heavy atom. The third-order valence-electron chi connectivity index (χ3n) is 5.88. The normalized spacial score (nSPS) is 15.6. The molecule has 0 saturated carbocycles.